The lowest BCUT2D eigenvalue weighted by Gasteiger charge is -2.16. The first-order valence-electron chi connectivity index (χ1n) is 11.1. The second-order valence-corrected chi connectivity index (χ2v) is 8.01. The molecule has 0 aliphatic carbocycles. The van der Waals surface area contributed by atoms with Gasteiger partial charge in [0.1, 0.15) is 0 Å². The maximum absolute atomic E-state index is 3.98. The molecular formula is C25H46. The van der Waals surface area contributed by atoms with E-state index in [1.54, 1.807) is 5.57 Å². The van der Waals surface area contributed by atoms with Gasteiger partial charge in [-0.15, -0.1) is 6.58 Å². The zero-order valence-electron chi connectivity index (χ0n) is 17.8. The molecule has 0 aliphatic heterocycles. The number of rotatable bonds is 18. The third kappa shape index (κ3) is 16.4. The highest BCUT2D eigenvalue weighted by atomic mass is 14.1. The monoisotopic (exact) mass is 346 g/mol. The van der Waals surface area contributed by atoms with Gasteiger partial charge < -0.3 is 0 Å². The summed E-state index contributed by atoms with van der Waals surface area (Å²) in [5, 5.41) is 0. The highest BCUT2D eigenvalue weighted by Crippen LogP contribution is 2.24. The van der Waals surface area contributed by atoms with Crippen LogP contribution < -0.4 is 0 Å². The van der Waals surface area contributed by atoms with Crippen LogP contribution in [-0.2, 0) is 0 Å². The molecule has 0 saturated carbocycles. The van der Waals surface area contributed by atoms with Crippen molar-refractivity contribution in [3.8, 4) is 0 Å². The molecule has 0 spiro atoms. The Morgan fingerprint density at radius 1 is 0.800 bits per heavy atom. The van der Waals surface area contributed by atoms with Crippen LogP contribution in [0.2, 0.25) is 0 Å². The first kappa shape index (κ1) is 24.2. The lowest BCUT2D eigenvalue weighted by atomic mass is 9.90. The van der Waals surface area contributed by atoms with Crippen molar-refractivity contribution in [1.82, 2.24) is 0 Å². The molecule has 0 radical (unpaired) electrons. The van der Waals surface area contributed by atoms with Crippen molar-refractivity contribution in [3.63, 3.8) is 0 Å². The molecule has 0 aromatic heterocycles. The summed E-state index contributed by atoms with van der Waals surface area (Å²) < 4.78 is 0. The van der Waals surface area contributed by atoms with Gasteiger partial charge >= 0.3 is 0 Å². The molecule has 0 aliphatic rings. The SMILES string of the molecule is C=CC=C(CCCCCCCCC)C(C)CCCCCCCC(=C)C. The van der Waals surface area contributed by atoms with Gasteiger partial charge in [-0.1, -0.05) is 108 Å². The minimum absolute atomic E-state index is 0.730. The van der Waals surface area contributed by atoms with Crippen molar-refractivity contribution in [3.05, 3.63) is 36.5 Å². The molecule has 0 N–H and O–H groups in total. The normalized spacial score (nSPS) is 13.0. The van der Waals surface area contributed by atoms with Crippen LogP contribution >= 0.6 is 0 Å². The van der Waals surface area contributed by atoms with Crippen LogP contribution in [0.1, 0.15) is 117 Å². The molecule has 0 aromatic rings. The number of hydrogen-bond acceptors (Lipinski definition) is 0. The van der Waals surface area contributed by atoms with Crippen LogP contribution in [0.3, 0.4) is 0 Å². The van der Waals surface area contributed by atoms with E-state index in [1.165, 1.54) is 102 Å². The Labute approximate surface area is 159 Å². The van der Waals surface area contributed by atoms with E-state index in [0.29, 0.717) is 0 Å². The first-order valence-corrected chi connectivity index (χ1v) is 11.1. The minimum atomic E-state index is 0.730. The lowest BCUT2D eigenvalue weighted by Crippen LogP contribution is -2.00. The largest absolute Gasteiger partial charge is 0.100 e. The summed E-state index contributed by atoms with van der Waals surface area (Å²) in [6, 6.07) is 0. The smallest absolute Gasteiger partial charge is 0.0229 e. The van der Waals surface area contributed by atoms with Gasteiger partial charge in [0.25, 0.3) is 0 Å². The van der Waals surface area contributed by atoms with E-state index in [9.17, 15) is 0 Å². The molecule has 0 saturated heterocycles. The van der Waals surface area contributed by atoms with E-state index < -0.39 is 0 Å². The summed E-state index contributed by atoms with van der Waals surface area (Å²) >= 11 is 0. The topological polar surface area (TPSA) is 0 Å². The Morgan fingerprint density at radius 3 is 1.88 bits per heavy atom. The van der Waals surface area contributed by atoms with Gasteiger partial charge in [0, 0.05) is 0 Å². The molecule has 0 aromatic carbocycles. The molecule has 0 bridgehead atoms. The fraction of sp³-hybridized carbons (Fsp3) is 0.760. The van der Waals surface area contributed by atoms with Crippen molar-refractivity contribution in [1.29, 1.82) is 0 Å². The van der Waals surface area contributed by atoms with Crippen molar-refractivity contribution in [2.45, 2.75) is 117 Å². The van der Waals surface area contributed by atoms with Gasteiger partial charge in [-0.25, -0.2) is 0 Å². The van der Waals surface area contributed by atoms with Crippen LogP contribution in [0.15, 0.2) is 36.5 Å². The van der Waals surface area contributed by atoms with E-state index in [4.69, 9.17) is 0 Å². The molecule has 1 unspecified atom stereocenters. The van der Waals surface area contributed by atoms with Crippen LogP contribution in [0.5, 0.6) is 0 Å². The van der Waals surface area contributed by atoms with Gasteiger partial charge in [0.05, 0.1) is 0 Å². The van der Waals surface area contributed by atoms with Gasteiger partial charge in [-0.05, 0) is 44.9 Å². The molecule has 25 heavy (non-hydrogen) atoms. The molecule has 146 valence electrons. The molecule has 0 amide bonds. The first-order chi connectivity index (χ1) is 12.1. The maximum Gasteiger partial charge on any atom is -0.0229 e. The van der Waals surface area contributed by atoms with Crippen LogP contribution in [0.25, 0.3) is 0 Å². The summed E-state index contributed by atoms with van der Waals surface area (Å²) in [4.78, 5) is 0. The Hall–Kier alpha value is -0.780. The summed E-state index contributed by atoms with van der Waals surface area (Å²) in [5.41, 5.74) is 2.96. The number of unbranched alkanes of at least 4 members (excludes halogenated alkanes) is 10. The standard InChI is InChI=1S/C25H46/c1-6-8-9-10-11-15-18-22-25(19-7-2)24(5)21-17-14-12-13-16-20-23(3)4/h7,19,24H,2-3,6,8-18,20-22H2,1,4-5H3. The highest BCUT2D eigenvalue weighted by Gasteiger charge is 2.08. The number of hydrogen-bond donors (Lipinski definition) is 0. The van der Waals surface area contributed by atoms with Gasteiger partial charge in [0.15, 0.2) is 0 Å². The fourth-order valence-corrected chi connectivity index (χ4v) is 3.52. The Morgan fingerprint density at radius 2 is 1.32 bits per heavy atom. The summed E-state index contributed by atoms with van der Waals surface area (Å²) in [6.45, 7) is 14.7. The average molecular weight is 347 g/mol. The predicted molar refractivity (Wildman–Crippen MR) is 117 cm³/mol. The maximum atomic E-state index is 3.98. The quantitative estimate of drug-likeness (QED) is 0.132. The van der Waals surface area contributed by atoms with E-state index in [2.05, 4.69) is 40.0 Å². The third-order valence-electron chi connectivity index (χ3n) is 5.27. The fourth-order valence-electron chi connectivity index (χ4n) is 3.52. The van der Waals surface area contributed by atoms with Gasteiger partial charge in [-0.2, -0.15) is 0 Å². The average Bonchev–Trinajstić information content (AvgIpc) is 2.58. The van der Waals surface area contributed by atoms with E-state index in [0.717, 1.165) is 5.92 Å². The molecule has 0 heterocycles. The molecular weight excluding hydrogens is 300 g/mol. The summed E-state index contributed by atoms with van der Waals surface area (Å²) in [5.74, 6) is 0.730. The van der Waals surface area contributed by atoms with Crippen molar-refractivity contribution in [2.75, 3.05) is 0 Å². The molecule has 0 nitrogen and oxygen atoms in total. The summed E-state index contributed by atoms with van der Waals surface area (Å²) in [6.07, 6.45) is 24.7. The van der Waals surface area contributed by atoms with Crippen molar-refractivity contribution in [2.24, 2.45) is 5.92 Å². The van der Waals surface area contributed by atoms with E-state index in [-0.39, 0.29) is 0 Å². The molecule has 0 fully saturated rings. The van der Waals surface area contributed by atoms with Crippen molar-refractivity contribution >= 4 is 0 Å². The van der Waals surface area contributed by atoms with E-state index >= 15 is 0 Å². The van der Waals surface area contributed by atoms with Crippen LogP contribution in [0, 0.1) is 5.92 Å². The highest BCUT2D eigenvalue weighted by molar-refractivity contribution is 5.13. The van der Waals surface area contributed by atoms with Crippen LogP contribution in [-0.4, -0.2) is 0 Å². The Kier molecular flexibility index (Phi) is 17.5. The summed E-state index contributed by atoms with van der Waals surface area (Å²) in [7, 11) is 0. The van der Waals surface area contributed by atoms with Crippen molar-refractivity contribution < 1.29 is 0 Å². The lowest BCUT2D eigenvalue weighted by molar-refractivity contribution is 0.509. The Balaban J connectivity index is 3.78. The second-order valence-electron chi connectivity index (χ2n) is 8.01. The van der Waals surface area contributed by atoms with Gasteiger partial charge in [0.2, 0.25) is 0 Å². The minimum Gasteiger partial charge on any atom is -0.100 e. The van der Waals surface area contributed by atoms with Gasteiger partial charge in [-0.3, -0.25) is 0 Å². The zero-order chi connectivity index (χ0) is 18.8. The van der Waals surface area contributed by atoms with E-state index in [1.807, 2.05) is 6.08 Å². The predicted octanol–water partition coefficient (Wildman–Crippen LogP) is 9.18. The zero-order valence-corrected chi connectivity index (χ0v) is 17.8. The number of allylic oxidation sites excluding steroid dienone is 4. The second kappa shape index (κ2) is 18.0. The molecule has 0 heteroatoms. The van der Waals surface area contributed by atoms with Crippen LogP contribution in [0.4, 0.5) is 0 Å². The molecule has 1 atom stereocenters. The molecule has 0 rings (SSSR count). The third-order valence-corrected chi connectivity index (χ3v) is 5.27. The Bertz CT molecular complexity index is 347.